The molecule has 0 fully saturated rings. The average molecular weight is 237 g/mol. The molecule has 0 radical (unpaired) electrons. The minimum atomic E-state index is 0.134. The Labute approximate surface area is 104 Å². The van der Waals surface area contributed by atoms with Gasteiger partial charge in [-0.15, -0.1) is 0 Å². The van der Waals surface area contributed by atoms with Gasteiger partial charge in [-0.3, -0.25) is 0 Å². The van der Waals surface area contributed by atoms with Gasteiger partial charge >= 0.3 is 0 Å². The first-order chi connectivity index (χ1) is 8.04. The number of nitrogens with zero attached hydrogens (tertiary/aromatic N) is 1. The standard InChI is InChI=1S/C13H23N3O/c1-9(2)11(8-14)16-13-12(17-10(3)4)6-5-7-15-13/h5-7,9-11H,8,14H2,1-4H3,(H,15,16). The van der Waals surface area contributed by atoms with Crippen LogP contribution in [-0.4, -0.2) is 23.7 Å². The Balaban J connectivity index is 2.82. The zero-order valence-electron chi connectivity index (χ0n) is 11.1. The summed E-state index contributed by atoms with van der Waals surface area (Å²) in [5.74, 6) is 2.00. The van der Waals surface area contributed by atoms with E-state index in [9.17, 15) is 0 Å². The molecule has 0 saturated heterocycles. The molecular weight excluding hydrogens is 214 g/mol. The Hall–Kier alpha value is -1.29. The van der Waals surface area contributed by atoms with Crippen molar-refractivity contribution >= 4 is 5.82 Å². The lowest BCUT2D eigenvalue weighted by molar-refractivity contribution is 0.242. The Morgan fingerprint density at radius 2 is 2.06 bits per heavy atom. The van der Waals surface area contributed by atoms with Crippen molar-refractivity contribution in [1.82, 2.24) is 4.98 Å². The first-order valence-corrected chi connectivity index (χ1v) is 6.12. The zero-order valence-corrected chi connectivity index (χ0v) is 11.1. The summed E-state index contributed by atoms with van der Waals surface area (Å²) in [7, 11) is 0. The lowest BCUT2D eigenvalue weighted by Gasteiger charge is -2.23. The minimum absolute atomic E-state index is 0.134. The minimum Gasteiger partial charge on any atom is -0.487 e. The van der Waals surface area contributed by atoms with Gasteiger partial charge in [-0.25, -0.2) is 4.98 Å². The van der Waals surface area contributed by atoms with Gasteiger partial charge in [0.25, 0.3) is 0 Å². The van der Waals surface area contributed by atoms with Crippen molar-refractivity contribution in [1.29, 1.82) is 0 Å². The highest BCUT2D eigenvalue weighted by atomic mass is 16.5. The van der Waals surface area contributed by atoms with Crippen molar-refractivity contribution in [3.8, 4) is 5.75 Å². The quantitative estimate of drug-likeness (QED) is 0.796. The molecule has 0 aliphatic heterocycles. The van der Waals surface area contributed by atoms with Crippen molar-refractivity contribution in [2.24, 2.45) is 11.7 Å². The van der Waals surface area contributed by atoms with Crippen LogP contribution in [0.2, 0.25) is 0 Å². The predicted octanol–water partition coefficient (Wildman–Crippen LogP) is 2.26. The van der Waals surface area contributed by atoms with Crippen molar-refractivity contribution in [2.75, 3.05) is 11.9 Å². The molecule has 0 bridgehead atoms. The third-order valence-corrected chi connectivity index (χ3v) is 2.51. The summed E-state index contributed by atoms with van der Waals surface area (Å²) >= 11 is 0. The highest BCUT2D eigenvalue weighted by Crippen LogP contribution is 2.23. The molecule has 3 N–H and O–H groups in total. The van der Waals surface area contributed by atoms with E-state index >= 15 is 0 Å². The van der Waals surface area contributed by atoms with Gasteiger partial charge in [0.1, 0.15) is 0 Å². The monoisotopic (exact) mass is 237 g/mol. The maximum atomic E-state index is 5.74. The molecule has 0 aliphatic carbocycles. The van der Waals surface area contributed by atoms with Gasteiger partial charge in [-0.2, -0.15) is 0 Å². The van der Waals surface area contributed by atoms with Crippen molar-refractivity contribution in [2.45, 2.75) is 39.8 Å². The number of hydrogen-bond donors (Lipinski definition) is 2. The van der Waals surface area contributed by atoms with E-state index in [1.54, 1.807) is 6.20 Å². The van der Waals surface area contributed by atoms with Crippen LogP contribution in [0.25, 0.3) is 0 Å². The summed E-state index contributed by atoms with van der Waals surface area (Å²) in [4.78, 5) is 4.31. The van der Waals surface area contributed by atoms with Crippen LogP contribution in [0.15, 0.2) is 18.3 Å². The first-order valence-electron chi connectivity index (χ1n) is 6.12. The fourth-order valence-electron chi connectivity index (χ4n) is 1.52. The van der Waals surface area contributed by atoms with Crippen LogP contribution < -0.4 is 15.8 Å². The largest absolute Gasteiger partial charge is 0.487 e. The Morgan fingerprint density at radius 1 is 1.35 bits per heavy atom. The summed E-state index contributed by atoms with van der Waals surface area (Å²) in [5.41, 5.74) is 5.74. The second kappa shape index (κ2) is 6.45. The Kier molecular flexibility index (Phi) is 5.22. The number of anilines is 1. The van der Waals surface area contributed by atoms with Crippen molar-refractivity contribution in [3.63, 3.8) is 0 Å². The zero-order chi connectivity index (χ0) is 12.8. The highest BCUT2D eigenvalue weighted by Gasteiger charge is 2.14. The molecule has 0 aliphatic rings. The van der Waals surface area contributed by atoms with Gasteiger partial charge in [0.15, 0.2) is 11.6 Å². The number of rotatable bonds is 6. The van der Waals surface area contributed by atoms with E-state index in [0.29, 0.717) is 12.5 Å². The molecule has 0 saturated carbocycles. The number of nitrogens with one attached hydrogen (secondary N) is 1. The maximum absolute atomic E-state index is 5.74. The van der Waals surface area contributed by atoms with Crippen LogP contribution in [0.3, 0.4) is 0 Å². The Bertz CT molecular complexity index is 339. The molecule has 1 rings (SSSR count). The van der Waals surface area contributed by atoms with Gasteiger partial charge < -0.3 is 15.8 Å². The summed E-state index contributed by atoms with van der Waals surface area (Å²) in [6, 6.07) is 4.00. The molecule has 96 valence electrons. The topological polar surface area (TPSA) is 60.2 Å². The number of nitrogens with two attached hydrogens (primary N) is 1. The molecule has 0 aromatic carbocycles. The second-order valence-electron chi connectivity index (χ2n) is 4.75. The summed E-state index contributed by atoms with van der Waals surface area (Å²) < 4.78 is 5.70. The van der Waals surface area contributed by atoms with Crippen LogP contribution in [0, 0.1) is 5.92 Å². The molecule has 0 spiro atoms. The normalized spacial score (nSPS) is 12.9. The van der Waals surface area contributed by atoms with Crippen molar-refractivity contribution in [3.05, 3.63) is 18.3 Å². The van der Waals surface area contributed by atoms with Gasteiger partial charge in [0, 0.05) is 18.8 Å². The third kappa shape index (κ3) is 4.23. The van der Waals surface area contributed by atoms with E-state index in [-0.39, 0.29) is 12.1 Å². The molecule has 1 atom stereocenters. The number of pyridine rings is 1. The fraction of sp³-hybridized carbons (Fsp3) is 0.615. The number of ether oxygens (including phenoxy) is 1. The molecule has 17 heavy (non-hydrogen) atoms. The van der Waals surface area contributed by atoms with E-state index in [1.165, 1.54) is 0 Å². The summed E-state index contributed by atoms with van der Waals surface area (Å²) in [6.45, 7) is 8.85. The fourth-order valence-corrected chi connectivity index (χ4v) is 1.52. The molecule has 4 nitrogen and oxygen atoms in total. The van der Waals surface area contributed by atoms with E-state index in [1.807, 2.05) is 26.0 Å². The molecule has 1 aromatic heterocycles. The molecule has 1 unspecified atom stereocenters. The van der Waals surface area contributed by atoms with Crippen LogP contribution in [0.4, 0.5) is 5.82 Å². The first kappa shape index (κ1) is 13.8. The van der Waals surface area contributed by atoms with Gasteiger partial charge in [-0.1, -0.05) is 13.8 Å². The van der Waals surface area contributed by atoms with Crippen molar-refractivity contribution < 1.29 is 4.74 Å². The maximum Gasteiger partial charge on any atom is 0.169 e. The predicted molar refractivity (Wildman–Crippen MR) is 71.3 cm³/mol. The number of hydrogen-bond acceptors (Lipinski definition) is 4. The summed E-state index contributed by atoms with van der Waals surface area (Å²) in [6.07, 6.45) is 1.89. The van der Waals surface area contributed by atoms with Gasteiger partial charge in [0.2, 0.25) is 0 Å². The summed E-state index contributed by atoms with van der Waals surface area (Å²) in [5, 5.41) is 3.34. The van der Waals surface area contributed by atoms with Crippen LogP contribution in [-0.2, 0) is 0 Å². The van der Waals surface area contributed by atoms with Gasteiger partial charge in [0.05, 0.1) is 6.10 Å². The van der Waals surface area contributed by atoms with Gasteiger partial charge in [-0.05, 0) is 31.9 Å². The lowest BCUT2D eigenvalue weighted by atomic mass is 10.0. The average Bonchev–Trinajstić information content (AvgIpc) is 2.26. The van der Waals surface area contributed by atoms with Crippen LogP contribution >= 0.6 is 0 Å². The van der Waals surface area contributed by atoms with E-state index < -0.39 is 0 Å². The smallest absolute Gasteiger partial charge is 0.169 e. The number of aromatic nitrogens is 1. The van der Waals surface area contributed by atoms with E-state index in [0.717, 1.165) is 11.6 Å². The third-order valence-electron chi connectivity index (χ3n) is 2.51. The van der Waals surface area contributed by atoms with Crippen LogP contribution in [0.1, 0.15) is 27.7 Å². The molecule has 4 heteroatoms. The molecular formula is C13H23N3O. The highest BCUT2D eigenvalue weighted by molar-refractivity contribution is 5.50. The van der Waals surface area contributed by atoms with Crippen LogP contribution in [0.5, 0.6) is 5.75 Å². The van der Waals surface area contributed by atoms with E-state index in [2.05, 4.69) is 24.1 Å². The molecule has 1 aromatic rings. The Morgan fingerprint density at radius 3 is 2.59 bits per heavy atom. The second-order valence-corrected chi connectivity index (χ2v) is 4.75. The molecule has 1 heterocycles. The van der Waals surface area contributed by atoms with E-state index in [4.69, 9.17) is 10.5 Å². The molecule has 0 amide bonds. The SMILES string of the molecule is CC(C)Oc1cccnc1NC(CN)C(C)C. The lowest BCUT2D eigenvalue weighted by Crippen LogP contribution is -2.34.